The Hall–Kier alpha value is -2.21. The largest absolute Gasteiger partial charge is 0.478 e. The Morgan fingerprint density at radius 2 is 2.24 bits per heavy atom. The van der Waals surface area contributed by atoms with Crippen molar-refractivity contribution in [1.82, 2.24) is 9.88 Å². The molecule has 0 saturated carbocycles. The average molecular weight is 302 g/mol. The van der Waals surface area contributed by atoms with Crippen molar-refractivity contribution < 1.29 is 14.7 Å². The molecule has 0 spiro atoms. The highest BCUT2D eigenvalue weighted by Gasteiger charge is 2.31. The third kappa shape index (κ3) is 2.67. The molecule has 5 nitrogen and oxygen atoms in total. The Morgan fingerprint density at radius 3 is 2.95 bits per heavy atom. The van der Waals surface area contributed by atoms with Gasteiger partial charge in [-0.1, -0.05) is 6.07 Å². The topological polar surface area (TPSA) is 70.5 Å². The predicted molar refractivity (Wildman–Crippen MR) is 78.5 cm³/mol. The van der Waals surface area contributed by atoms with Crippen molar-refractivity contribution in [1.29, 1.82) is 0 Å². The van der Waals surface area contributed by atoms with Crippen LogP contribution in [-0.2, 0) is 0 Å². The standard InChI is InChI=1S/C15H14N2O3S/c18-14(11-9-10(15(19)20)5-6-16-11)17-7-1-3-12(17)13-4-2-8-21-13/h2,4-6,8-9,12H,1,3,7H2,(H,19,20)/t12-/m0/s1. The second-order valence-corrected chi connectivity index (χ2v) is 5.89. The number of carbonyl (C=O) groups is 2. The van der Waals surface area contributed by atoms with E-state index < -0.39 is 5.97 Å². The summed E-state index contributed by atoms with van der Waals surface area (Å²) in [5.41, 5.74) is 0.276. The van der Waals surface area contributed by atoms with Gasteiger partial charge >= 0.3 is 5.97 Å². The van der Waals surface area contributed by atoms with Crippen molar-refractivity contribution in [3.8, 4) is 0 Å². The lowest BCUT2D eigenvalue weighted by Crippen LogP contribution is -2.31. The zero-order chi connectivity index (χ0) is 14.8. The first-order chi connectivity index (χ1) is 10.2. The zero-order valence-corrected chi connectivity index (χ0v) is 12.0. The van der Waals surface area contributed by atoms with Crippen LogP contribution in [0.15, 0.2) is 35.8 Å². The number of hydrogen-bond acceptors (Lipinski definition) is 4. The first-order valence-electron chi connectivity index (χ1n) is 6.70. The van der Waals surface area contributed by atoms with Crippen LogP contribution in [-0.4, -0.2) is 33.4 Å². The summed E-state index contributed by atoms with van der Waals surface area (Å²) in [5.74, 6) is -1.25. The fraction of sp³-hybridized carbons (Fsp3) is 0.267. The molecule has 2 aromatic rings. The van der Waals surface area contributed by atoms with E-state index in [2.05, 4.69) is 4.98 Å². The summed E-state index contributed by atoms with van der Waals surface area (Å²) in [6.45, 7) is 0.681. The fourth-order valence-corrected chi connectivity index (χ4v) is 3.49. The van der Waals surface area contributed by atoms with Crippen LogP contribution in [0.2, 0.25) is 0 Å². The van der Waals surface area contributed by atoms with E-state index in [1.54, 1.807) is 16.2 Å². The first kappa shape index (κ1) is 13.8. The Morgan fingerprint density at radius 1 is 1.38 bits per heavy atom. The third-order valence-electron chi connectivity index (χ3n) is 3.61. The van der Waals surface area contributed by atoms with E-state index in [0.717, 1.165) is 17.7 Å². The minimum Gasteiger partial charge on any atom is -0.478 e. The van der Waals surface area contributed by atoms with Crippen molar-refractivity contribution in [2.24, 2.45) is 0 Å². The maximum absolute atomic E-state index is 12.6. The number of hydrogen-bond donors (Lipinski definition) is 1. The monoisotopic (exact) mass is 302 g/mol. The number of thiophene rings is 1. The van der Waals surface area contributed by atoms with Crippen LogP contribution in [0.1, 0.15) is 44.6 Å². The molecule has 1 aliphatic rings. The van der Waals surface area contributed by atoms with E-state index in [-0.39, 0.29) is 23.2 Å². The molecule has 0 unspecified atom stereocenters. The summed E-state index contributed by atoms with van der Waals surface area (Å²) in [6, 6.07) is 6.81. The summed E-state index contributed by atoms with van der Waals surface area (Å²) in [6.07, 6.45) is 3.25. The molecule has 1 fully saturated rings. The summed E-state index contributed by atoms with van der Waals surface area (Å²) in [7, 11) is 0. The molecular formula is C15H14N2O3S. The lowest BCUT2D eigenvalue weighted by atomic mass is 10.1. The zero-order valence-electron chi connectivity index (χ0n) is 11.2. The number of likely N-dealkylation sites (tertiary alicyclic amines) is 1. The first-order valence-corrected chi connectivity index (χ1v) is 7.58. The van der Waals surface area contributed by atoms with Crippen LogP contribution < -0.4 is 0 Å². The maximum Gasteiger partial charge on any atom is 0.335 e. The minimum absolute atomic E-state index is 0.0767. The van der Waals surface area contributed by atoms with Gasteiger partial charge in [-0.25, -0.2) is 4.79 Å². The lowest BCUT2D eigenvalue weighted by molar-refractivity contribution is 0.0696. The van der Waals surface area contributed by atoms with E-state index in [1.807, 2.05) is 17.5 Å². The number of amides is 1. The van der Waals surface area contributed by atoms with E-state index in [0.29, 0.717) is 6.54 Å². The van der Waals surface area contributed by atoms with E-state index in [1.165, 1.54) is 18.3 Å². The van der Waals surface area contributed by atoms with Crippen molar-refractivity contribution in [3.05, 3.63) is 52.0 Å². The number of nitrogens with zero attached hydrogens (tertiary/aromatic N) is 2. The van der Waals surface area contributed by atoms with E-state index in [9.17, 15) is 9.59 Å². The van der Waals surface area contributed by atoms with Gasteiger partial charge in [0.25, 0.3) is 5.91 Å². The number of aromatic carboxylic acids is 1. The number of pyridine rings is 1. The second-order valence-electron chi connectivity index (χ2n) is 4.91. The molecule has 0 bridgehead atoms. The van der Waals surface area contributed by atoms with Gasteiger partial charge in [-0.3, -0.25) is 9.78 Å². The molecule has 1 atom stereocenters. The van der Waals surface area contributed by atoms with Crippen molar-refractivity contribution in [2.75, 3.05) is 6.54 Å². The summed E-state index contributed by atoms with van der Waals surface area (Å²) in [4.78, 5) is 30.6. The molecule has 1 N–H and O–H groups in total. The van der Waals surface area contributed by atoms with E-state index >= 15 is 0 Å². The van der Waals surface area contributed by atoms with Crippen LogP contribution in [0.4, 0.5) is 0 Å². The SMILES string of the molecule is O=C(O)c1ccnc(C(=O)N2CCC[C@H]2c2cccs2)c1. The van der Waals surface area contributed by atoms with Crippen molar-refractivity contribution >= 4 is 23.2 Å². The normalized spacial score (nSPS) is 17.9. The summed E-state index contributed by atoms with van der Waals surface area (Å²) in [5, 5.41) is 11.0. The molecule has 0 aromatic carbocycles. The highest BCUT2D eigenvalue weighted by molar-refractivity contribution is 7.10. The lowest BCUT2D eigenvalue weighted by Gasteiger charge is -2.23. The van der Waals surface area contributed by atoms with Gasteiger partial charge in [0.1, 0.15) is 5.69 Å². The Bertz CT molecular complexity index is 669. The van der Waals surface area contributed by atoms with Crippen LogP contribution in [0.3, 0.4) is 0 Å². The van der Waals surface area contributed by atoms with Gasteiger partial charge in [-0.15, -0.1) is 11.3 Å². The molecule has 1 aliphatic heterocycles. The number of rotatable bonds is 3. The number of aromatic nitrogens is 1. The van der Waals surface area contributed by atoms with Gasteiger partial charge < -0.3 is 10.0 Å². The smallest absolute Gasteiger partial charge is 0.335 e. The van der Waals surface area contributed by atoms with Crippen LogP contribution >= 0.6 is 11.3 Å². The molecule has 21 heavy (non-hydrogen) atoms. The van der Waals surface area contributed by atoms with Gasteiger partial charge in [0, 0.05) is 17.6 Å². The fourth-order valence-electron chi connectivity index (χ4n) is 2.61. The maximum atomic E-state index is 12.6. The Labute approximate surface area is 125 Å². The van der Waals surface area contributed by atoms with Crippen LogP contribution in [0.25, 0.3) is 0 Å². The van der Waals surface area contributed by atoms with Crippen molar-refractivity contribution in [2.45, 2.75) is 18.9 Å². The summed E-state index contributed by atoms with van der Waals surface area (Å²) < 4.78 is 0. The van der Waals surface area contributed by atoms with Gasteiger partial charge in [0.15, 0.2) is 0 Å². The minimum atomic E-state index is -1.05. The predicted octanol–water partition coefficient (Wildman–Crippen LogP) is 2.82. The molecule has 108 valence electrons. The molecule has 2 aromatic heterocycles. The molecule has 0 radical (unpaired) electrons. The Kier molecular flexibility index (Phi) is 3.70. The van der Waals surface area contributed by atoms with E-state index in [4.69, 9.17) is 5.11 Å². The summed E-state index contributed by atoms with van der Waals surface area (Å²) >= 11 is 1.64. The van der Waals surface area contributed by atoms with Crippen molar-refractivity contribution in [3.63, 3.8) is 0 Å². The highest BCUT2D eigenvalue weighted by atomic mass is 32.1. The quantitative estimate of drug-likeness (QED) is 0.946. The third-order valence-corrected chi connectivity index (χ3v) is 4.58. The second kappa shape index (κ2) is 5.65. The van der Waals surface area contributed by atoms with Gasteiger partial charge in [0.05, 0.1) is 11.6 Å². The number of carboxylic acid groups (broad SMARTS) is 1. The molecule has 3 heterocycles. The molecule has 1 amide bonds. The number of carboxylic acids is 1. The Balaban J connectivity index is 1.87. The molecule has 1 saturated heterocycles. The van der Waals surface area contributed by atoms with Gasteiger partial charge in [-0.05, 0) is 36.4 Å². The van der Waals surface area contributed by atoms with Gasteiger partial charge in [-0.2, -0.15) is 0 Å². The van der Waals surface area contributed by atoms with Crippen LogP contribution in [0, 0.1) is 0 Å². The van der Waals surface area contributed by atoms with Crippen LogP contribution in [0.5, 0.6) is 0 Å². The molecule has 0 aliphatic carbocycles. The molecule has 6 heteroatoms. The number of carbonyl (C=O) groups excluding carboxylic acids is 1. The molecule has 3 rings (SSSR count). The molecular weight excluding hydrogens is 288 g/mol. The highest BCUT2D eigenvalue weighted by Crippen LogP contribution is 2.35. The van der Waals surface area contributed by atoms with Gasteiger partial charge in [0.2, 0.25) is 0 Å². The average Bonchev–Trinajstić information content (AvgIpc) is 3.17.